The Morgan fingerprint density at radius 2 is 1.85 bits per heavy atom. The first kappa shape index (κ1) is 14.3. The van der Waals surface area contributed by atoms with Crippen LogP contribution in [0.1, 0.15) is 12.5 Å². The summed E-state index contributed by atoms with van der Waals surface area (Å²) in [5.41, 5.74) is 7.66. The highest BCUT2D eigenvalue weighted by Crippen LogP contribution is 2.25. The van der Waals surface area contributed by atoms with E-state index in [9.17, 15) is 8.42 Å². The first-order valence-corrected chi connectivity index (χ1v) is 7.68. The molecule has 0 fully saturated rings. The number of nitrogens with zero attached hydrogens (tertiary/aromatic N) is 2. The van der Waals surface area contributed by atoms with Crippen molar-refractivity contribution in [3.05, 3.63) is 48.3 Å². The summed E-state index contributed by atoms with van der Waals surface area (Å²) in [6.07, 6.45) is 3.64. The second-order valence-electron chi connectivity index (χ2n) is 4.41. The van der Waals surface area contributed by atoms with Gasteiger partial charge in [0, 0.05) is 19.4 Å². The number of hydrogen-bond acceptors (Lipinski definition) is 4. The Bertz CT molecular complexity index is 697. The second-order valence-corrected chi connectivity index (χ2v) is 6.34. The minimum Gasteiger partial charge on any atom is -0.398 e. The van der Waals surface area contributed by atoms with Gasteiger partial charge in [0.05, 0.1) is 11.4 Å². The molecule has 20 heavy (non-hydrogen) atoms. The van der Waals surface area contributed by atoms with Gasteiger partial charge in [-0.25, -0.2) is 8.42 Å². The quantitative estimate of drug-likeness (QED) is 0.935. The number of sulfonamides is 1. The number of rotatable bonds is 4. The van der Waals surface area contributed by atoms with Gasteiger partial charge < -0.3 is 5.73 Å². The molecule has 2 N–H and O–H groups in total. The van der Waals surface area contributed by atoms with Crippen molar-refractivity contribution in [2.24, 2.45) is 0 Å². The number of nitrogen functional groups attached to an aromatic ring is 1. The molecule has 2 aromatic rings. The summed E-state index contributed by atoms with van der Waals surface area (Å²) in [6, 6.07) is 8.86. The second kappa shape index (κ2) is 5.50. The maximum absolute atomic E-state index is 12.5. The molecule has 6 heteroatoms. The highest BCUT2D eigenvalue weighted by atomic mass is 32.2. The van der Waals surface area contributed by atoms with E-state index in [1.807, 2.05) is 19.1 Å². The van der Waals surface area contributed by atoms with Crippen molar-refractivity contribution in [3.8, 4) is 0 Å². The van der Waals surface area contributed by atoms with Crippen LogP contribution in [0.3, 0.4) is 0 Å². The van der Waals surface area contributed by atoms with E-state index in [0.717, 1.165) is 12.0 Å². The van der Waals surface area contributed by atoms with Crippen LogP contribution >= 0.6 is 0 Å². The molecule has 1 aromatic heterocycles. The van der Waals surface area contributed by atoms with Crippen LogP contribution in [0.15, 0.2) is 47.6 Å². The summed E-state index contributed by atoms with van der Waals surface area (Å²) in [4.78, 5) is 3.85. The van der Waals surface area contributed by atoms with Crippen molar-refractivity contribution < 1.29 is 8.42 Å². The summed E-state index contributed by atoms with van der Waals surface area (Å²) in [6.45, 7) is 2.05. The molecule has 5 nitrogen and oxygen atoms in total. The smallest absolute Gasteiger partial charge is 0.267 e. The molecular weight excluding hydrogens is 274 g/mol. The Balaban J connectivity index is 2.41. The molecule has 1 aromatic carbocycles. The Hall–Kier alpha value is -2.08. The molecule has 0 saturated carbocycles. The first-order valence-electron chi connectivity index (χ1n) is 6.24. The third-order valence-electron chi connectivity index (χ3n) is 3.16. The Kier molecular flexibility index (Phi) is 3.94. The van der Waals surface area contributed by atoms with Crippen molar-refractivity contribution in [2.75, 3.05) is 17.1 Å². The molecule has 0 spiro atoms. The van der Waals surface area contributed by atoms with E-state index >= 15 is 0 Å². The van der Waals surface area contributed by atoms with Crippen molar-refractivity contribution >= 4 is 21.4 Å². The van der Waals surface area contributed by atoms with E-state index < -0.39 is 10.0 Å². The third kappa shape index (κ3) is 2.60. The van der Waals surface area contributed by atoms with Crippen molar-refractivity contribution in [3.63, 3.8) is 0 Å². The number of pyridine rings is 1. The molecule has 0 atom stereocenters. The van der Waals surface area contributed by atoms with E-state index in [1.165, 1.54) is 29.8 Å². The molecule has 2 rings (SSSR count). The summed E-state index contributed by atoms with van der Waals surface area (Å²) >= 11 is 0. The van der Waals surface area contributed by atoms with Crippen LogP contribution in [-0.4, -0.2) is 20.4 Å². The van der Waals surface area contributed by atoms with E-state index in [0.29, 0.717) is 5.69 Å². The zero-order chi connectivity index (χ0) is 14.8. The number of nitrogens with two attached hydrogens (primary N) is 1. The summed E-state index contributed by atoms with van der Waals surface area (Å²) in [7, 11) is -2.19. The SMILES string of the molecule is CCc1ccc(N(C)S(=O)(=O)c2cnccc2N)cc1. The van der Waals surface area contributed by atoms with E-state index in [-0.39, 0.29) is 10.6 Å². The molecule has 106 valence electrons. The first-order chi connectivity index (χ1) is 9.46. The van der Waals surface area contributed by atoms with Crippen LogP contribution < -0.4 is 10.0 Å². The van der Waals surface area contributed by atoms with Gasteiger partial charge in [0.1, 0.15) is 4.90 Å². The number of hydrogen-bond donors (Lipinski definition) is 1. The topological polar surface area (TPSA) is 76.3 Å². The standard InChI is InChI=1S/C14H17N3O2S/c1-3-11-4-6-12(7-5-11)17(2)20(18,19)14-10-16-9-8-13(14)15/h4-10H,3H2,1-2H3,(H2,15,16). The average Bonchev–Trinajstić information content (AvgIpc) is 2.47. The Morgan fingerprint density at radius 3 is 2.40 bits per heavy atom. The molecule has 0 aliphatic heterocycles. The van der Waals surface area contributed by atoms with Crippen LogP contribution in [0.4, 0.5) is 11.4 Å². The molecule has 0 radical (unpaired) electrons. The van der Waals surface area contributed by atoms with Crippen LogP contribution in [0.5, 0.6) is 0 Å². The van der Waals surface area contributed by atoms with Gasteiger partial charge in [-0.3, -0.25) is 9.29 Å². The lowest BCUT2D eigenvalue weighted by Gasteiger charge is -2.20. The number of aromatic nitrogens is 1. The number of benzene rings is 1. The van der Waals surface area contributed by atoms with E-state index in [4.69, 9.17) is 5.73 Å². The fourth-order valence-electron chi connectivity index (χ4n) is 1.83. The predicted octanol–water partition coefficient (Wildman–Crippen LogP) is 2.05. The monoisotopic (exact) mass is 291 g/mol. The summed E-state index contributed by atoms with van der Waals surface area (Å²) < 4.78 is 26.2. The zero-order valence-corrected chi connectivity index (χ0v) is 12.3. The fraction of sp³-hybridized carbons (Fsp3) is 0.214. The lowest BCUT2D eigenvalue weighted by molar-refractivity contribution is 0.594. The van der Waals surface area contributed by atoms with Gasteiger partial charge in [-0.05, 0) is 30.2 Å². The molecule has 0 unspecified atom stereocenters. The van der Waals surface area contributed by atoms with Crippen LogP contribution in [0.25, 0.3) is 0 Å². The average molecular weight is 291 g/mol. The highest BCUT2D eigenvalue weighted by Gasteiger charge is 2.23. The lowest BCUT2D eigenvalue weighted by atomic mass is 10.1. The zero-order valence-electron chi connectivity index (χ0n) is 11.4. The maximum Gasteiger partial charge on any atom is 0.267 e. The Morgan fingerprint density at radius 1 is 1.20 bits per heavy atom. The van der Waals surface area contributed by atoms with Gasteiger partial charge in [-0.2, -0.15) is 0 Å². The minimum absolute atomic E-state index is 0.0158. The van der Waals surface area contributed by atoms with Gasteiger partial charge in [0.25, 0.3) is 10.0 Å². The fourth-order valence-corrected chi connectivity index (χ4v) is 3.09. The van der Waals surface area contributed by atoms with Crippen LogP contribution in [0, 0.1) is 0 Å². The maximum atomic E-state index is 12.5. The van der Waals surface area contributed by atoms with E-state index in [1.54, 1.807) is 12.1 Å². The van der Waals surface area contributed by atoms with Gasteiger partial charge >= 0.3 is 0 Å². The van der Waals surface area contributed by atoms with Crippen molar-refractivity contribution in [1.82, 2.24) is 4.98 Å². The lowest BCUT2D eigenvalue weighted by Crippen LogP contribution is -2.27. The summed E-state index contributed by atoms with van der Waals surface area (Å²) in [5.74, 6) is 0. The molecule has 0 aliphatic carbocycles. The predicted molar refractivity (Wildman–Crippen MR) is 80.1 cm³/mol. The van der Waals surface area contributed by atoms with Crippen LogP contribution in [0.2, 0.25) is 0 Å². The highest BCUT2D eigenvalue weighted by molar-refractivity contribution is 7.93. The van der Waals surface area contributed by atoms with Gasteiger partial charge in [0.2, 0.25) is 0 Å². The van der Waals surface area contributed by atoms with Gasteiger partial charge in [0.15, 0.2) is 0 Å². The third-order valence-corrected chi connectivity index (χ3v) is 4.99. The van der Waals surface area contributed by atoms with Crippen molar-refractivity contribution in [2.45, 2.75) is 18.2 Å². The van der Waals surface area contributed by atoms with Gasteiger partial charge in [-0.1, -0.05) is 19.1 Å². The number of aryl methyl sites for hydroxylation is 1. The van der Waals surface area contributed by atoms with Crippen molar-refractivity contribution in [1.29, 1.82) is 0 Å². The largest absolute Gasteiger partial charge is 0.398 e. The number of anilines is 2. The molecule has 0 saturated heterocycles. The molecular formula is C14H17N3O2S. The molecule has 0 bridgehead atoms. The molecule has 0 amide bonds. The normalized spacial score (nSPS) is 11.3. The van der Waals surface area contributed by atoms with Gasteiger partial charge in [-0.15, -0.1) is 0 Å². The van der Waals surface area contributed by atoms with Crippen LogP contribution in [-0.2, 0) is 16.4 Å². The summed E-state index contributed by atoms with van der Waals surface area (Å²) in [5, 5.41) is 0. The minimum atomic E-state index is -3.70. The molecule has 0 aliphatic rings. The molecule has 1 heterocycles. The van der Waals surface area contributed by atoms with E-state index in [2.05, 4.69) is 4.98 Å². The Labute approximate surface area is 119 Å².